The highest BCUT2D eigenvalue weighted by Gasteiger charge is 2.35. The minimum Gasteiger partial charge on any atom is -0.312 e. The van der Waals surface area contributed by atoms with Gasteiger partial charge in [-0.2, -0.15) is 0 Å². The molecule has 1 aliphatic heterocycles. The van der Waals surface area contributed by atoms with Crippen molar-refractivity contribution in [3.63, 3.8) is 0 Å². The van der Waals surface area contributed by atoms with Crippen molar-refractivity contribution in [2.45, 2.75) is 32.6 Å². The van der Waals surface area contributed by atoms with E-state index in [1.807, 2.05) is 17.0 Å². The Kier molecular flexibility index (Phi) is 3.65. The van der Waals surface area contributed by atoms with Crippen LogP contribution in [0.4, 0.5) is 11.4 Å². The summed E-state index contributed by atoms with van der Waals surface area (Å²) in [6.07, 6.45) is 3.80. The van der Waals surface area contributed by atoms with Gasteiger partial charge in [-0.25, -0.2) is 8.42 Å². The lowest BCUT2D eigenvalue weighted by Gasteiger charge is -2.30. The molecule has 0 spiro atoms. The molecule has 1 aliphatic carbocycles. The van der Waals surface area contributed by atoms with E-state index in [0.717, 1.165) is 43.5 Å². The average molecular weight is 308 g/mol. The minimum atomic E-state index is -3.26. The Hall–Kier alpha value is -1.56. The fraction of sp³-hybridized carbons (Fsp3) is 0.533. The maximum atomic E-state index is 12.3. The Morgan fingerprint density at radius 1 is 1.38 bits per heavy atom. The Morgan fingerprint density at radius 3 is 2.81 bits per heavy atom. The first-order valence-electron chi connectivity index (χ1n) is 7.45. The third-order valence-electron chi connectivity index (χ3n) is 4.04. The monoisotopic (exact) mass is 308 g/mol. The first kappa shape index (κ1) is 14.4. The molecular formula is C15H20N2O3S. The zero-order valence-electron chi connectivity index (χ0n) is 12.1. The number of hydrogen-bond acceptors (Lipinski definition) is 3. The van der Waals surface area contributed by atoms with Crippen LogP contribution < -0.4 is 9.62 Å². The van der Waals surface area contributed by atoms with Crippen LogP contribution in [0.2, 0.25) is 0 Å². The summed E-state index contributed by atoms with van der Waals surface area (Å²) in [5, 5.41) is 0. The van der Waals surface area contributed by atoms with Gasteiger partial charge in [-0.3, -0.25) is 9.52 Å². The molecule has 0 atom stereocenters. The van der Waals surface area contributed by atoms with Crippen LogP contribution in [0, 0.1) is 5.92 Å². The van der Waals surface area contributed by atoms with Crippen LogP contribution in [-0.4, -0.2) is 26.6 Å². The van der Waals surface area contributed by atoms with E-state index in [9.17, 15) is 13.2 Å². The van der Waals surface area contributed by atoms with Crippen LogP contribution in [0.5, 0.6) is 0 Å². The second-order valence-corrected chi connectivity index (χ2v) is 7.73. The molecule has 1 N–H and O–H groups in total. The molecule has 1 aromatic rings. The molecule has 6 heteroatoms. The van der Waals surface area contributed by atoms with E-state index in [-0.39, 0.29) is 17.6 Å². The molecule has 114 valence electrons. The third kappa shape index (κ3) is 3.05. The quantitative estimate of drug-likeness (QED) is 0.926. The Labute approximate surface area is 125 Å². The second kappa shape index (κ2) is 5.33. The summed E-state index contributed by atoms with van der Waals surface area (Å²) < 4.78 is 25.8. The zero-order valence-corrected chi connectivity index (χ0v) is 12.9. The largest absolute Gasteiger partial charge is 0.312 e. The highest BCUT2D eigenvalue weighted by molar-refractivity contribution is 7.92. The Morgan fingerprint density at radius 2 is 2.14 bits per heavy atom. The Balaban J connectivity index is 1.86. The van der Waals surface area contributed by atoms with Crippen molar-refractivity contribution in [1.29, 1.82) is 0 Å². The van der Waals surface area contributed by atoms with Crippen molar-refractivity contribution in [2.75, 3.05) is 21.9 Å². The lowest BCUT2D eigenvalue weighted by atomic mass is 10.0. The summed E-state index contributed by atoms with van der Waals surface area (Å²) >= 11 is 0. The summed E-state index contributed by atoms with van der Waals surface area (Å²) in [5.41, 5.74) is 2.57. The van der Waals surface area contributed by atoms with Crippen LogP contribution >= 0.6 is 0 Å². The van der Waals surface area contributed by atoms with Crippen LogP contribution in [0.25, 0.3) is 0 Å². The summed E-state index contributed by atoms with van der Waals surface area (Å²) in [6.45, 7) is 2.37. The molecule has 1 aromatic carbocycles. The first-order chi connectivity index (χ1) is 10.00. The van der Waals surface area contributed by atoms with Gasteiger partial charge in [-0.05, 0) is 56.4 Å². The molecule has 0 bridgehead atoms. The Bertz CT molecular complexity index is 665. The topological polar surface area (TPSA) is 66.5 Å². The summed E-state index contributed by atoms with van der Waals surface area (Å²) in [5.74, 6) is 0.475. The molecule has 0 unspecified atom stereocenters. The summed E-state index contributed by atoms with van der Waals surface area (Å²) in [7, 11) is -3.26. The molecule has 1 saturated carbocycles. The molecule has 1 heterocycles. The van der Waals surface area contributed by atoms with Crippen LogP contribution in [0.1, 0.15) is 31.7 Å². The van der Waals surface area contributed by atoms with Crippen molar-refractivity contribution in [2.24, 2.45) is 5.92 Å². The predicted octanol–water partition coefficient (Wildman–Crippen LogP) is 2.14. The molecule has 2 aliphatic rings. The number of anilines is 2. The highest BCUT2D eigenvalue weighted by atomic mass is 32.2. The number of aryl methyl sites for hydroxylation is 1. The lowest BCUT2D eigenvalue weighted by molar-refractivity contribution is -0.119. The molecule has 0 saturated heterocycles. The van der Waals surface area contributed by atoms with Gasteiger partial charge in [-0.15, -0.1) is 0 Å². The number of fused-ring (bicyclic) bond motifs is 1. The maximum Gasteiger partial charge on any atom is 0.232 e. The fourth-order valence-corrected chi connectivity index (χ4v) is 3.32. The van der Waals surface area contributed by atoms with E-state index >= 15 is 0 Å². The van der Waals surface area contributed by atoms with Gasteiger partial charge >= 0.3 is 0 Å². The SMILES string of the molecule is CCS(=O)(=O)Nc1ccc2c(c1)CCCN2C(=O)C1CC1. The number of benzene rings is 1. The summed E-state index contributed by atoms with van der Waals surface area (Å²) in [4.78, 5) is 14.2. The van der Waals surface area contributed by atoms with Crippen LogP contribution in [-0.2, 0) is 21.2 Å². The normalized spacial score (nSPS) is 18.2. The van der Waals surface area contributed by atoms with Gasteiger partial charge in [0.05, 0.1) is 5.75 Å². The number of nitrogens with zero attached hydrogens (tertiary/aromatic N) is 1. The maximum absolute atomic E-state index is 12.3. The van der Waals surface area contributed by atoms with Crippen LogP contribution in [0.3, 0.4) is 0 Å². The van der Waals surface area contributed by atoms with E-state index in [1.165, 1.54) is 0 Å². The number of nitrogens with one attached hydrogen (secondary N) is 1. The average Bonchev–Trinajstić information content (AvgIpc) is 3.30. The number of sulfonamides is 1. The molecule has 0 aromatic heterocycles. The van der Waals surface area contributed by atoms with E-state index in [2.05, 4.69) is 4.72 Å². The molecular weight excluding hydrogens is 288 g/mol. The summed E-state index contributed by atoms with van der Waals surface area (Å²) in [6, 6.07) is 5.46. The number of hydrogen-bond donors (Lipinski definition) is 1. The smallest absolute Gasteiger partial charge is 0.232 e. The van der Waals surface area contributed by atoms with E-state index < -0.39 is 10.0 Å². The van der Waals surface area contributed by atoms with Gasteiger partial charge in [0.2, 0.25) is 15.9 Å². The van der Waals surface area contributed by atoms with Crippen molar-refractivity contribution in [3.8, 4) is 0 Å². The lowest BCUT2D eigenvalue weighted by Crippen LogP contribution is -2.36. The van der Waals surface area contributed by atoms with Crippen LogP contribution in [0.15, 0.2) is 18.2 Å². The number of amides is 1. The molecule has 1 fully saturated rings. The van der Waals surface area contributed by atoms with Gasteiger partial charge < -0.3 is 4.90 Å². The highest BCUT2D eigenvalue weighted by Crippen LogP contribution is 2.36. The standard InChI is InChI=1S/C15H20N2O3S/c1-2-21(19,20)16-13-7-8-14-12(10-13)4-3-9-17(14)15(18)11-5-6-11/h7-8,10-11,16H,2-6,9H2,1H3. The molecule has 21 heavy (non-hydrogen) atoms. The molecule has 5 nitrogen and oxygen atoms in total. The van der Waals surface area contributed by atoms with Gasteiger partial charge in [0.25, 0.3) is 0 Å². The van der Waals surface area contributed by atoms with E-state index in [4.69, 9.17) is 0 Å². The van der Waals surface area contributed by atoms with Crippen molar-refractivity contribution in [1.82, 2.24) is 0 Å². The van der Waals surface area contributed by atoms with Crippen molar-refractivity contribution < 1.29 is 13.2 Å². The van der Waals surface area contributed by atoms with Gasteiger partial charge in [0, 0.05) is 23.8 Å². The van der Waals surface area contributed by atoms with Gasteiger partial charge in [0.15, 0.2) is 0 Å². The number of carbonyl (C=O) groups excluding carboxylic acids is 1. The molecule has 3 rings (SSSR count). The zero-order chi connectivity index (χ0) is 15.0. The predicted molar refractivity (Wildman–Crippen MR) is 82.9 cm³/mol. The fourth-order valence-electron chi connectivity index (χ4n) is 2.69. The van der Waals surface area contributed by atoms with E-state index in [0.29, 0.717) is 5.69 Å². The van der Waals surface area contributed by atoms with Gasteiger partial charge in [0.1, 0.15) is 0 Å². The number of rotatable bonds is 4. The van der Waals surface area contributed by atoms with Crippen molar-refractivity contribution in [3.05, 3.63) is 23.8 Å². The minimum absolute atomic E-state index is 0.0520. The van der Waals surface area contributed by atoms with E-state index in [1.54, 1.807) is 13.0 Å². The number of carbonyl (C=O) groups is 1. The molecule has 0 radical (unpaired) electrons. The first-order valence-corrected chi connectivity index (χ1v) is 9.10. The third-order valence-corrected chi connectivity index (χ3v) is 5.35. The van der Waals surface area contributed by atoms with Gasteiger partial charge in [-0.1, -0.05) is 0 Å². The second-order valence-electron chi connectivity index (χ2n) is 5.72. The molecule has 1 amide bonds. The van der Waals surface area contributed by atoms with Crippen molar-refractivity contribution >= 4 is 27.3 Å².